The molecule has 0 unspecified atom stereocenters. The molecule has 0 aliphatic rings. The minimum Gasteiger partial charge on any atom is -0.388 e. The Labute approximate surface area is 88.1 Å². The highest BCUT2D eigenvalue weighted by Crippen LogP contribution is 2.22. The molecule has 0 aliphatic heterocycles. The first kappa shape index (κ1) is 11.6. The van der Waals surface area contributed by atoms with Crippen molar-refractivity contribution in [3.63, 3.8) is 0 Å². The molecule has 0 aliphatic carbocycles. The molecule has 0 saturated carbocycles. The van der Waals surface area contributed by atoms with Crippen LogP contribution in [0.4, 0.5) is 13.2 Å². The standard InChI is InChI=1S/C8H4ClF3N2O/c9-3-6-5(4-13)1-2-7(14-6)15-8(10,11)12/h1-2H,3H2. The molecule has 0 amide bonds. The summed E-state index contributed by atoms with van der Waals surface area (Å²) in [5, 5.41) is 8.56. The molecular formula is C8H4ClF3N2O. The van der Waals surface area contributed by atoms with Crippen LogP contribution in [0.3, 0.4) is 0 Å². The van der Waals surface area contributed by atoms with Gasteiger partial charge in [0.25, 0.3) is 0 Å². The fourth-order valence-electron chi connectivity index (χ4n) is 0.860. The minimum atomic E-state index is -4.80. The number of nitrogens with zero attached hydrogens (tertiary/aromatic N) is 2. The van der Waals surface area contributed by atoms with E-state index in [1.807, 2.05) is 0 Å². The van der Waals surface area contributed by atoms with Crippen molar-refractivity contribution in [2.75, 3.05) is 0 Å². The Morgan fingerprint density at radius 2 is 2.13 bits per heavy atom. The van der Waals surface area contributed by atoms with Crippen molar-refractivity contribution < 1.29 is 17.9 Å². The molecule has 0 N–H and O–H groups in total. The lowest BCUT2D eigenvalue weighted by Gasteiger charge is -2.08. The normalized spacial score (nSPS) is 10.9. The molecule has 1 heterocycles. The molecular weight excluding hydrogens is 233 g/mol. The van der Waals surface area contributed by atoms with Gasteiger partial charge in [-0.1, -0.05) is 0 Å². The lowest BCUT2D eigenvalue weighted by molar-refractivity contribution is -0.276. The van der Waals surface area contributed by atoms with Gasteiger partial charge in [0.2, 0.25) is 5.88 Å². The van der Waals surface area contributed by atoms with Gasteiger partial charge in [0, 0.05) is 6.07 Å². The third-order valence-electron chi connectivity index (χ3n) is 1.42. The van der Waals surface area contributed by atoms with E-state index in [0.29, 0.717) is 0 Å². The van der Waals surface area contributed by atoms with Gasteiger partial charge in [-0.05, 0) is 6.07 Å². The van der Waals surface area contributed by atoms with Crippen molar-refractivity contribution in [2.24, 2.45) is 0 Å². The van der Waals surface area contributed by atoms with E-state index in [9.17, 15) is 13.2 Å². The zero-order valence-corrected chi connectivity index (χ0v) is 7.93. The van der Waals surface area contributed by atoms with Gasteiger partial charge in [-0.25, -0.2) is 4.98 Å². The number of pyridine rings is 1. The third kappa shape index (κ3) is 3.29. The van der Waals surface area contributed by atoms with Crippen LogP contribution >= 0.6 is 11.6 Å². The maximum atomic E-state index is 11.8. The second-order valence-corrected chi connectivity index (χ2v) is 2.70. The molecule has 0 fully saturated rings. The topological polar surface area (TPSA) is 45.9 Å². The van der Waals surface area contributed by atoms with E-state index in [1.165, 1.54) is 6.07 Å². The lowest BCUT2D eigenvalue weighted by Crippen LogP contribution is -2.18. The van der Waals surface area contributed by atoms with Crippen molar-refractivity contribution in [3.8, 4) is 11.9 Å². The Morgan fingerprint density at radius 3 is 2.60 bits per heavy atom. The third-order valence-corrected chi connectivity index (χ3v) is 1.67. The summed E-state index contributed by atoms with van der Waals surface area (Å²) in [5.74, 6) is -0.782. The number of ether oxygens (including phenoxy) is 1. The van der Waals surface area contributed by atoms with Crippen LogP contribution in [-0.2, 0) is 5.88 Å². The molecule has 0 radical (unpaired) electrons. The number of rotatable bonds is 2. The number of alkyl halides is 4. The van der Waals surface area contributed by atoms with E-state index < -0.39 is 12.2 Å². The van der Waals surface area contributed by atoms with Gasteiger partial charge in [0.05, 0.1) is 17.1 Å². The Bertz CT molecular complexity index is 400. The van der Waals surface area contributed by atoms with Gasteiger partial charge in [-0.15, -0.1) is 24.8 Å². The Hall–Kier alpha value is -1.48. The molecule has 3 nitrogen and oxygen atoms in total. The zero-order chi connectivity index (χ0) is 11.5. The van der Waals surface area contributed by atoms with E-state index >= 15 is 0 Å². The summed E-state index contributed by atoms with van der Waals surface area (Å²) in [6.45, 7) is 0. The maximum absolute atomic E-state index is 11.8. The second-order valence-electron chi connectivity index (χ2n) is 2.44. The van der Waals surface area contributed by atoms with Crippen LogP contribution in [0.5, 0.6) is 5.88 Å². The molecule has 0 atom stereocenters. The first-order valence-corrected chi connectivity index (χ1v) is 4.21. The number of halogens is 4. The van der Waals surface area contributed by atoms with Crippen LogP contribution in [0.25, 0.3) is 0 Å². The van der Waals surface area contributed by atoms with E-state index in [4.69, 9.17) is 16.9 Å². The van der Waals surface area contributed by atoms with Gasteiger partial charge in [0.15, 0.2) is 0 Å². The second kappa shape index (κ2) is 4.36. The first-order valence-electron chi connectivity index (χ1n) is 3.68. The van der Waals surface area contributed by atoms with Gasteiger partial charge in [-0.2, -0.15) is 5.26 Å². The predicted octanol–water partition coefficient (Wildman–Crippen LogP) is 2.59. The van der Waals surface area contributed by atoms with Crippen molar-refractivity contribution in [1.29, 1.82) is 5.26 Å². The highest BCUT2D eigenvalue weighted by Gasteiger charge is 2.31. The van der Waals surface area contributed by atoms with Crippen LogP contribution in [0.15, 0.2) is 12.1 Å². The van der Waals surface area contributed by atoms with Crippen molar-refractivity contribution >= 4 is 11.6 Å². The Morgan fingerprint density at radius 1 is 1.47 bits per heavy atom. The zero-order valence-electron chi connectivity index (χ0n) is 7.18. The lowest BCUT2D eigenvalue weighted by atomic mass is 10.2. The van der Waals surface area contributed by atoms with Crippen molar-refractivity contribution in [1.82, 2.24) is 4.98 Å². The van der Waals surface area contributed by atoms with E-state index in [0.717, 1.165) is 6.07 Å². The maximum Gasteiger partial charge on any atom is 0.574 e. The molecule has 1 rings (SSSR count). The SMILES string of the molecule is N#Cc1ccc(OC(F)(F)F)nc1CCl. The fourth-order valence-corrected chi connectivity index (χ4v) is 1.06. The van der Waals surface area contributed by atoms with Crippen molar-refractivity contribution in [2.45, 2.75) is 12.2 Å². The monoisotopic (exact) mass is 236 g/mol. The molecule has 0 spiro atoms. The van der Waals surface area contributed by atoms with Gasteiger partial charge < -0.3 is 4.74 Å². The van der Waals surface area contributed by atoms with Gasteiger partial charge in [0.1, 0.15) is 6.07 Å². The first-order chi connectivity index (χ1) is 6.96. The molecule has 0 bridgehead atoms. The van der Waals surface area contributed by atoms with Gasteiger partial charge >= 0.3 is 6.36 Å². The van der Waals surface area contributed by atoms with E-state index in [-0.39, 0.29) is 17.1 Å². The van der Waals surface area contributed by atoms with Crippen LogP contribution in [0.1, 0.15) is 11.3 Å². The summed E-state index contributed by atoms with van der Waals surface area (Å²) in [6.07, 6.45) is -4.80. The molecule has 15 heavy (non-hydrogen) atoms. The highest BCUT2D eigenvalue weighted by molar-refractivity contribution is 6.17. The minimum absolute atomic E-state index is 0.0564. The summed E-state index contributed by atoms with van der Waals surface area (Å²) < 4.78 is 39.0. The Kier molecular flexibility index (Phi) is 3.37. The summed E-state index contributed by atoms with van der Waals surface area (Å²) in [7, 11) is 0. The van der Waals surface area contributed by atoms with Crippen molar-refractivity contribution in [3.05, 3.63) is 23.4 Å². The highest BCUT2D eigenvalue weighted by atomic mass is 35.5. The molecule has 1 aromatic heterocycles. The van der Waals surface area contributed by atoms with Crippen LogP contribution in [0, 0.1) is 11.3 Å². The average molecular weight is 237 g/mol. The summed E-state index contributed by atoms with van der Waals surface area (Å²) in [5.41, 5.74) is 0.181. The van der Waals surface area contributed by atoms with Crippen LogP contribution in [-0.4, -0.2) is 11.3 Å². The smallest absolute Gasteiger partial charge is 0.388 e. The molecule has 0 aromatic carbocycles. The summed E-state index contributed by atoms with van der Waals surface area (Å²) in [4.78, 5) is 3.45. The molecule has 80 valence electrons. The summed E-state index contributed by atoms with van der Waals surface area (Å²) in [6, 6.07) is 3.89. The quantitative estimate of drug-likeness (QED) is 0.742. The van der Waals surface area contributed by atoms with Gasteiger partial charge in [-0.3, -0.25) is 0 Å². The fraction of sp³-hybridized carbons (Fsp3) is 0.250. The number of hydrogen-bond donors (Lipinski definition) is 0. The van der Waals surface area contributed by atoms with Crippen LogP contribution < -0.4 is 4.74 Å². The number of hydrogen-bond acceptors (Lipinski definition) is 3. The largest absolute Gasteiger partial charge is 0.574 e. The molecule has 7 heteroatoms. The predicted molar refractivity (Wildman–Crippen MR) is 45.2 cm³/mol. The Balaban J connectivity index is 3.00. The van der Waals surface area contributed by atoms with Crippen LogP contribution in [0.2, 0.25) is 0 Å². The number of aromatic nitrogens is 1. The van der Waals surface area contributed by atoms with E-state index in [1.54, 1.807) is 6.07 Å². The number of nitriles is 1. The molecule has 1 aromatic rings. The summed E-state index contributed by atoms with van der Waals surface area (Å²) >= 11 is 5.40. The average Bonchev–Trinajstić information content (AvgIpc) is 2.15. The molecule has 0 saturated heterocycles. The van der Waals surface area contributed by atoms with E-state index in [2.05, 4.69) is 9.72 Å².